The molecule has 108 valence electrons. The summed E-state index contributed by atoms with van der Waals surface area (Å²) < 4.78 is 39.4. The molecule has 0 amide bonds. The van der Waals surface area contributed by atoms with Crippen molar-refractivity contribution < 1.29 is 13.2 Å². The van der Waals surface area contributed by atoms with Gasteiger partial charge in [-0.15, -0.1) is 0 Å². The summed E-state index contributed by atoms with van der Waals surface area (Å²) in [6, 6.07) is 3.46. The lowest BCUT2D eigenvalue weighted by atomic mass is 9.87. The van der Waals surface area contributed by atoms with E-state index in [1.165, 1.54) is 6.08 Å². The maximum Gasteiger partial charge on any atom is 0.395 e. The normalized spacial score (nSPS) is 21.4. The molecule has 1 nitrogen and oxygen atoms in total. The molecule has 0 radical (unpaired) electrons. The van der Waals surface area contributed by atoms with Crippen molar-refractivity contribution in [2.45, 2.75) is 19.5 Å². The quantitative estimate of drug-likeness (QED) is 0.701. The number of fused-ring (bicyclic) bond motifs is 1. The van der Waals surface area contributed by atoms with Gasteiger partial charge in [0, 0.05) is 9.70 Å². The van der Waals surface area contributed by atoms with E-state index in [1.807, 2.05) is 0 Å². The van der Waals surface area contributed by atoms with Crippen molar-refractivity contribution in [3.05, 3.63) is 39.8 Å². The average Bonchev–Trinajstić information content (AvgIpc) is 2.35. The Hall–Kier alpha value is -0.940. The average molecular weight is 367 g/mol. The number of hydrogen-bond donors (Lipinski definition) is 1. The molecule has 1 unspecified atom stereocenters. The molecule has 0 aromatic heterocycles. The molecule has 20 heavy (non-hydrogen) atoms. The van der Waals surface area contributed by atoms with Gasteiger partial charge in [-0.05, 0) is 29.7 Å². The van der Waals surface area contributed by atoms with Gasteiger partial charge in [0.1, 0.15) is 5.16 Å². The van der Waals surface area contributed by atoms with Gasteiger partial charge in [0.15, 0.2) is 0 Å². The van der Waals surface area contributed by atoms with Gasteiger partial charge in [-0.2, -0.15) is 13.2 Å². The van der Waals surface area contributed by atoms with Crippen LogP contribution in [0.15, 0.2) is 18.2 Å². The van der Waals surface area contributed by atoms with E-state index in [9.17, 15) is 13.2 Å². The molecular formula is C14H12BrClF3N. The Labute approximate surface area is 127 Å². The molecule has 2 rings (SSSR count). The van der Waals surface area contributed by atoms with Crippen molar-refractivity contribution in [2.75, 3.05) is 0 Å². The van der Waals surface area contributed by atoms with E-state index in [0.29, 0.717) is 20.5 Å². The summed E-state index contributed by atoms with van der Waals surface area (Å²) in [4.78, 5) is 0. The summed E-state index contributed by atoms with van der Waals surface area (Å²) in [6.07, 6.45) is -1.43. The third-order valence-corrected chi connectivity index (χ3v) is 4.25. The third-order valence-electron chi connectivity index (χ3n) is 3.35. The molecule has 0 fully saturated rings. The molecule has 0 aliphatic heterocycles. The highest BCUT2D eigenvalue weighted by Crippen LogP contribution is 2.38. The Bertz CT molecular complexity index is 688. The fourth-order valence-corrected chi connectivity index (χ4v) is 3.26. The molecule has 1 aromatic carbocycles. The van der Waals surface area contributed by atoms with Gasteiger partial charge in [0.2, 0.25) is 0 Å². The minimum Gasteiger partial charge on any atom is -0.389 e. The first kappa shape index (κ1) is 15.4. The molecule has 0 heterocycles. The zero-order valence-electron chi connectivity index (χ0n) is 10.6. The van der Waals surface area contributed by atoms with Crippen LogP contribution in [0.1, 0.15) is 18.1 Å². The van der Waals surface area contributed by atoms with E-state index in [2.05, 4.69) is 15.9 Å². The second-order valence-corrected chi connectivity index (χ2v) is 5.82. The number of nitrogens with two attached hydrogens (primary N) is 1. The van der Waals surface area contributed by atoms with Gasteiger partial charge >= 0.3 is 6.18 Å². The standard InChI is InChI=1S/C14H12BrClF3N/c1-2-8-10(13(16)20)4-3-9-11(8)5-7(6-12(9)15)14(17,18)19/h2-4,6-7H,5,20H2,1H3/b8-2+,13-10-. The summed E-state index contributed by atoms with van der Waals surface area (Å²) in [7, 11) is 0. The molecule has 0 saturated carbocycles. The molecule has 1 aromatic rings. The van der Waals surface area contributed by atoms with Gasteiger partial charge in [-0.3, -0.25) is 0 Å². The zero-order chi connectivity index (χ0) is 15.1. The minimum atomic E-state index is -4.27. The summed E-state index contributed by atoms with van der Waals surface area (Å²) >= 11 is 9.04. The van der Waals surface area contributed by atoms with Crippen LogP contribution in [0.25, 0.3) is 15.7 Å². The second-order valence-electron chi connectivity index (χ2n) is 4.56. The first-order chi connectivity index (χ1) is 9.25. The van der Waals surface area contributed by atoms with Gasteiger partial charge in [0.05, 0.1) is 5.92 Å². The first-order valence-corrected chi connectivity index (χ1v) is 7.10. The van der Waals surface area contributed by atoms with Gasteiger partial charge < -0.3 is 5.73 Å². The SMILES string of the molecule is C/C=c1/c2c(cc/c1=C(/N)Cl)C(Br)=CC(C(F)(F)F)C2. The highest BCUT2D eigenvalue weighted by Gasteiger charge is 2.40. The van der Waals surface area contributed by atoms with Crippen molar-refractivity contribution in [3.63, 3.8) is 0 Å². The van der Waals surface area contributed by atoms with Crippen molar-refractivity contribution in [2.24, 2.45) is 11.7 Å². The monoisotopic (exact) mass is 365 g/mol. The number of benzene rings is 1. The number of rotatable bonds is 0. The van der Waals surface area contributed by atoms with Gasteiger partial charge in [0.25, 0.3) is 0 Å². The molecule has 1 atom stereocenters. The van der Waals surface area contributed by atoms with Gasteiger partial charge in [-0.25, -0.2) is 0 Å². The van der Waals surface area contributed by atoms with Crippen molar-refractivity contribution in [1.29, 1.82) is 0 Å². The lowest BCUT2D eigenvalue weighted by Crippen LogP contribution is -2.36. The molecule has 2 N–H and O–H groups in total. The number of halogens is 5. The lowest BCUT2D eigenvalue weighted by Gasteiger charge is -2.24. The van der Waals surface area contributed by atoms with Crippen LogP contribution in [0.3, 0.4) is 0 Å². The summed E-state index contributed by atoms with van der Waals surface area (Å²) in [5.74, 6) is -1.50. The Balaban J connectivity index is 2.75. The van der Waals surface area contributed by atoms with Crippen LogP contribution in [0.4, 0.5) is 13.2 Å². The topological polar surface area (TPSA) is 26.0 Å². The maximum atomic E-state index is 13.0. The second kappa shape index (κ2) is 5.45. The number of hydrogen-bond acceptors (Lipinski definition) is 1. The first-order valence-electron chi connectivity index (χ1n) is 5.93. The van der Waals surface area contributed by atoms with E-state index in [0.717, 1.165) is 5.56 Å². The minimum absolute atomic E-state index is 0.0788. The van der Waals surface area contributed by atoms with E-state index in [1.54, 1.807) is 25.1 Å². The predicted molar refractivity (Wildman–Crippen MR) is 79.4 cm³/mol. The Kier molecular flexibility index (Phi) is 4.21. The number of alkyl halides is 3. The van der Waals surface area contributed by atoms with Crippen molar-refractivity contribution in [1.82, 2.24) is 0 Å². The smallest absolute Gasteiger partial charge is 0.389 e. The summed E-state index contributed by atoms with van der Waals surface area (Å²) in [5.41, 5.74) is 6.96. The van der Waals surface area contributed by atoms with Gasteiger partial charge in [-0.1, -0.05) is 51.8 Å². The fourth-order valence-electron chi connectivity index (χ4n) is 2.40. The predicted octanol–water partition coefficient (Wildman–Crippen LogP) is 3.22. The summed E-state index contributed by atoms with van der Waals surface area (Å²) in [5, 5.41) is 1.31. The van der Waals surface area contributed by atoms with Crippen LogP contribution >= 0.6 is 27.5 Å². The molecule has 1 aliphatic carbocycles. The highest BCUT2D eigenvalue weighted by atomic mass is 79.9. The molecule has 1 aliphatic rings. The van der Waals surface area contributed by atoms with Crippen molar-refractivity contribution >= 4 is 43.2 Å². The van der Waals surface area contributed by atoms with Crippen molar-refractivity contribution in [3.8, 4) is 0 Å². The van der Waals surface area contributed by atoms with Crippen LogP contribution in [0.2, 0.25) is 0 Å². The molecule has 0 spiro atoms. The van der Waals surface area contributed by atoms with E-state index >= 15 is 0 Å². The van der Waals surface area contributed by atoms with Crippen LogP contribution in [0.5, 0.6) is 0 Å². The van der Waals surface area contributed by atoms with Crippen LogP contribution in [-0.2, 0) is 6.42 Å². The largest absolute Gasteiger partial charge is 0.395 e. The summed E-state index contributed by atoms with van der Waals surface area (Å²) in [6.45, 7) is 1.76. The highest BCUT2D eigenvalue weighted by molar-refractivity contribution is 9.15. The van der Waals surface area contributed by atoms with E-state index in [4.69, 9.17) is 17.3 Å². The Morgan fingerprint density at radius 1 is 1.45 bits per heavy atom. The molecule has 6 heteroatoms. The Morgan fingerprint density at radius 3 is 2.60 bits per heavy atom. The maximum absolute atomic E-state index is 13.0. The fraction of sp³-hybridized carbons (Fsp3) is 0.286. The van der Waals surface area contributed by atoms with Crippen LogP contribution in [0, 0.1) is 5.92 Å². The Morgan fingerprint density at radius 2 is 2.10 bits per heavy atom. The molecular weight excluding hydrogens is 355 g/mol. The number of allylic oxidation sites excluding steroid dienone is 1. The molecule has 0 saturated heterocycles. The van der Waals surface area contributed by atoms with Crippen LogP contribution in [-0.4, -0.2) is 6.18 Å². The zero-order valence-corrected chi connectivity index (χ0v) is 12.9. The lowest BCUT2D eigenvalue weighted by molar-refractivity contribution is -0.160. The van der Waals surface area contributed by atoms with E-state index in [-0.39, 0.29) is 11.6 Å². The van der Waals surface area contributed by atoms with E-state index < -0.39 is 12.1 Å². The van der Waals surface area contributed by atoms with Crippen LogP contribution < -0.4 is 16.2 Å². The molecule has 0 bridgehead atoms. The third kappa shape index (κ3) is 2.74.